The summed E-state index contributed by atoms with van der Waals surface area (Å²) in [6.45, 7) is 3.68. The second kappa shape index (κ2) is 4.82. The SMILES string of the molecule is C=CC[C@@H](N)c1ccc(N(C)C)cc1. The van der Waals surface area contributed by atoms with Crippen LogP contribution < -0.4 is 10.6 Å². The lowest BCUT2D eigenvalue weighted by Crippen LogP contribution is -2.11. The summed E-state index contributed by atoms with van der Waals surface area (Å²) in [5.74, 6) is 0. The van der Waals surface area contributed by atoms with Gasteiger partial charge in [0.05, 0.1) is 0 Å². The maximum absolute atomic E-state index is 5.95. The van der Waals surface area contributed by atoms with E-state index in [1.54, 1.807) is 0 Å². The second-order valence-electron chi connectivity index (χ2n) is 3.62. The van der Waals surface area contributed by atoms with E-state index < -0.39 is 0 Å². The number of nitrogens with two attached hydrogens (primary N) is 1. The van der Waals surface area contributed by atoms with Gasteiger partial charge < -0.3 is 10.6 Å². The zero-order chi connectivity index (χ0) is 10.6. The topological polar surface area (TPSA) is 29.3 Å². The third kappa shape index (κ3) is 2.60. The molecule has 76 valence electrons. The minimum atomic E-state index is 0.0729. The van der Waals surface area contributed by atoms with Gasteiger partial charge in [0.1, 0.15) is 0 Å². The highest BCUT2D eigenvalue weighted by Crippen LogP contribution is 2.18. The molecule has 0 aromatic heterocycles. The molecular formula is C12H18N2. The molecule has 14 heavy (non-hydrogen) atoms. The molecule has 1 atom stereocenters. The molecule has 0 spiro atoms. The summed E-state index contributed by atoms with van der Waals surface area (Å²) in [7, 11) is 4.05. The molecule has 0 saturated heterocycles. The third-order valence-electron chi connectivity index (χ3n) is 2.26. The summed E-state index contributed by atoms with van der Waals surface area (Å²) < 4.78 is 0. The van der Waals surface area contributed by atoms with E-state index >= 15 is 0 Å². The fourth-order valence-electron chi connectivity index (χ4n) is 1.34. The van der Waals surface area contributed by atoms with Crippen LogP contribution in [0.4, 0.5) is 5.69 Å². The molecule has 2 N–H and O–H groups in total. The molecule has 0 aliphatic rings. The van der Waals surface area contributed by atoms with Crippen molar-refractivity contribution in [3.63, 3.8) is 0 Å². The first-order chi connectivity index (χ1) is 6.65. The van der Waals surface area contributed by atoms with E-state index in [0.29, 0.717) is 0 Å². The van der Waals surface area contributed by atoms with E-state index in [0.717, 1.165) is 12.0 Å². The van der Waals surface area contributed by atoms with Gasteiger partial charge in [-0.1, -0.05) is 18.2 Å². The highest BCUT2D eigenvalue weighted by molar-refractivity contribution is 5.46. The molecule has 2 heteroatoms. The zero-order valence-corrected chi connectivity index (χ0v) is 8.90. The van der Waals surface area contributed by atoms with E-state index in [-0.39, 0.29) is 6.04 Å². The molecule has 0 heterocycles. The van der Waals surface area contributed by atoms with Crippen LogP contribution in [0.1, 0.15) is 18.0 Å². The first-order valence-corrected chi connectivity index (χ1v) is 4.79. The van der Waals surface area contributed by atoms with Gasteiger partial charge in [0.2, 0.25) is 0 Å². The summed E-state index contributed by atoms with van der Waals surface area (Å²) >= 11 is 0. The highest BCUT2D eigenvalue weighted by Gasteiger charge is 2.03. The molecule has 0 unspecified atom stereocenters. The molecule has 0 amide bonds. The molecule has 1 rings (SSSR count). The number of hydrogen-bond acceptors (Lipinski definition) is 2. The maximum atomic E-state index is 5.95. The Hall–Kier alpha value is -1.28. The van der Waals surface area contributed by atoms with Gasteiger partial charge in [-0.05, 0) is 24.1 Å². The normalized spacial score (nSPS) is 12.2. The zero-order valence-electron chi connectivity index (χ0n) is 8.90. The summed E-state index contributed by atoms with van der Waals surface area (Å²) in [6, 6.07) is 8.38. The van der Waals surface area contributed by atoms with Gasteiger partial charge in [-0.25, -0.2) is 0 Å². The van der Waals surface area contributed by atoms with Crippen LogP contribution in [0.3, 0.4) is 0 Å². The van der Waals surface area contributed by atoms with E-state index in [9.17, 15) is 0 Å². The molecular weight excluding hydrogens is 172 g/mol. The minimum absolute atomic E-state index is 0.0729. The van der Waals surface area contributed by atoms with Crippen molar-refractivity contribution < 1.29 is 0 Å². The van der Waals surface area contributed by atoms with Crippen molar-refractivity contribution in [2.24, 2.45) is 5.73 Å². The standard InChI is InChI=1S/C12H18N2/c1-4-5-12(13)10-6-8-11(9-7-10)14(2)3/h4,6-9,12H,1,5,13H2,2-3H3/t12-/m1/s1. The molecule has 2 nitrogen and oxygen atoms in total. The average Bonchev–Trinajstić information content (AvgIpc) is 2.18. The average molecular weight is 190 g/mol. The predicted octanol–water partition coefficient (Wildman–Crippen LogP) is 2.33. The Bertz CT molecular complexity index is 288. The Morgan fingerprint density at radius 2 is 1.93 bits per heavy atom. The molecule has 0 bridgehead atoms. The first-order valence-electron chi connectivity index (χ1n) is 4.79. The molecule has 1 aromatic rings. The van der Waals surface area contributed by atoms with E-state index in [1.165, 1.54) is 5.69 Å². The molecule has 0 fully saturated rings. The number of rotatable bonds is 4. The van der Waals surface area contributed by atoms with E-state index in [1.807, 2.05) is 20.2 Å². The quantitative estimate of drug-likeness (QED) is 0.738. The van der Waals surface area contributed by atoms with Gasteiger partial charge in [-0.15, -0.1) is 6.58 Å². The molecule has 0 aliphatic carbocycles. The number of nitrogens with zero attached hydrogens (tertiary/aromatic N) is 1. The van der Waals surface area contributed by atoms with Gasteiger partial charge in [-0.2, -0.15) is 0 Å². The smallest absolute Gasteiger partial charge is 0.0361 e. The van der Waals surface area contributed by atoms with Crippen molar-refractivity contribution in [3.05, 3.63) is 42.5 Å². The monoisotopic (exact) mass is 190 g/mol. The Balaban J connectivity index is 2.77. The van der Waals surface area contributed by atoms with E-state index in [4.69, 9.17) is 5.73 Å². The van der Waals surface area contributed by atoms with Gasteiger partial charge in [0.25, 0.3) is 0 Å². The van der Waals surface area contributed by atoms with Gasteiger partial charge in [0, 0.05) is 25.8 Å². The fourth-order valence-corrected chi connectivity index (χ4v) is 1.34. The van der Waals surface area contributed by atoms with Crippen LogP contribution in [0, 0.1) is 0 Å². The Labute approximate surface area is 86.0 Å². The largest absolute Gasteiger partial charge is 0.378 e. The molecule has 0 aliphatic heterocycles. The van der Waals surface area contributed by atoms with E-state index in [2.05, 4.69) is 35.7 Å². The predicted molar refractivity (Wildman–Crippen MR) is 62.5 cm³/mol. The van der Waals surface area contributed by atoms with Crippen molar-refractivity contribution in [1.82, 2.24) is 0 Å². The number of anilines is 1. The second-order valence-corrected chi connectivity index (χ2v) is 3.62. The van der Waals surface area contributed by atoms with Gasteiger partial charge in [0.15, 0.2) is 0 Å². The lowest BCUT2D eigenvalue weighted by atomic mass is 10.0. The summed E-state index contributed by atoms with van der Waals surface area (Å²) in [4.78, 5) is 2.07. The Kier molecular flexibility index (Phi) is 3.72. The number of hydrogen-bond donors (Lipinski definition) is 1. The number of benzene rings is 1. The summed E-state index contributed by atoms with van der Waals surface area (Å²) in [6.07, 6.45) is 2.67. The Morgan fingerprint density at radius 1 is 1.36 bits per heavy atom. The van der Waals surface area contributed by atoms with Crippen LogP contribution in [0.5, 0.6) is 0 Å². The summed E-state index contributed by atoms with van der Waals surface area (Å²) in [5.41, 5.74) is 8.30. The van der Waals surface area contributed by atoms with Gasteiger partial charge >= 0.3 is 0 Å². The van der Waals surface area contributed by atoms with Crippen molar-refractivity contribution in [3.8, 4) is 0 Å². The van der Waals surface area contributed by atoms with Crippen LogP contribution in [0.25, 0.3) is 0 Å². The maximum Gasteiger partial charge on any atom is 0.0361 e. The van der Waals surface area contributed by atoms with Crippen LogP contribution in [0.2, 0.25) is 0 Å². The lowest BCUT2D eigenvalue weighted by Gasteiger charge is -2.14. The van der Waals surface area contributed by atoms with Crippen molar-refractivity contribution >= 4 is 5.69 Å². The molecule has 0 saturated carbocycles. The van der Waals surface area contributed by atoms with Crippen LogP contribution in [0.15, 0.2) is 36.9 Å². The van der Waals surface area contributed by atoms with Crippen molar-refractivity contribution in [1.29, 1.82) is 0 Å². The summed E-state index contributed by atoms with van der Waals surface area (Å²) in [5, 5.41) is 0. The van der Waals surface area contributed by atoms with Crippen LogP contribution >= 0.6 is 0 Å². The first kappa shape index (κ1) is 10.8. The van der Waals surface area contributed by atoms with Crippen LogP contribution in [-0.4, -0.2) is 14.1 Å². The van der Waals surface area contributed by atoms with Crippen LogP contribution in [-0.2, 0) is 0 Å². The molecule has 0 radical (unpaired) electrons. The van der Waals surface area contributed by atoms with Gasteiger partial charge in [-0.3, -0.25) is 0 Å². The fraction of sp³-hybridized carbons (Fsp3) is 0.333. The minimum Gasteiger partial charge on any atom is -0.378 e. The Morgan fingerprint density at radius 3 is 2.36 bits per heavy atom. The van der Waals surface area contributed by atoms with Crippen molar-refractivity contribution in [2.75, 3.05) is 19.0 Å². The molecule has 1 aromatic carbocycles. The lowest BCUT2D eigenvalue weighted by molar-refractivity contribution is 0.742. The third-order valence-corrected chi connectivity index (χ3v) is 2.26. The van der Waals surface area contributed by atoms with Crippen molar-refractivity contribution in [2.45, 2.75) is 12.5 Å². The highest BCUT2D eigenvalue weighted by atomic mass is 15.1.